The number of nitrogens with zero attached hydrogens (tertiary/aromatic N) is 1. The van der Waals surface area contributed by atoms with Crippen LogP contribution in [-0.4, -0.2) is 34.0 Å². The molecule has 20 heavy (non-hydrogen) atoms. The molecule has 0 aliphatic heterocycles. The summed E-state index contributed by atoms with van der Waals surface area (Å²) in [4.78, 5) is 24.6. The number of carboxylic acid groups (broad SMARTS) is 1. The molecule has 0 saturated heterocycles. The largest absolute Gasteiger partial charge is 0.480 e. The first-order valence-electron chi connectivity index (χ1n) is 7.83. The van der Waals surface area contributed by atoms with Gasteiger partial charge in [0, 0.05) is 12.0 Å². The van der Waals surface area contributed by atoms with Crippen LogP contribution < -0.4 is 0 Å². The molecule has 1 fully saturated rings. The Labute approximate surface area is 122 Å². The predicted octanol–water partition coefficient (Wildman–Crippen LogP) is 3.45. The van der Waals surface area contributed by atoms with Crippen molar-refractivity contribution in [1.29, 1.82) is 0 Å². The smallest absolute Gasteiger partial charge is 0.323 e. The molecule has 0 radical (unpaired) electrons. The van der Waals surface area contributed by atoms with Crippen molar-refractivity contribution in [1.82, 2.24) is 4.90 Å². The topological polar surface area (TPSA) is 57.6 Å². The molecule has 0 heterocycles. The van der Waals surface area contributed by atoms with Crippen LogP contribution in [0.5, 0.6) is 0 Å². The number of aliphatic carboxylic acids is 1. The highest BCUT2D eigenvalue weighted by Crippen LogP contribution is 2.28. The first kappa shape index (κ1) is 17.0. The molecule has 1 rings (SSSR count). The zero-order valence-corrected chi connectivity index (χ0v) is 13.2. The highest BCUT2D eigenvalue weighted by Gasteiger charge is 2.28. The van der Waals surface area contributed by atoms with Gasteiger partial charge in [0.05, 0.1) is 0 Å². The minimum atomic E-state index is -0.944. The van der Waals surface area contributed by atoms with E-state index in [0.29, 0.717) is 6.42 Å². The van der Waals surface area contributed by atoms with Crippen LogP contribution in [0.25, 0.3) is 0 Å². The monoisotopic (exact) mass is 283 g/mol. The van der Waals surface area contributed by atoms with Crippen molar-refractivity contribution in [2.75, 3.05) is 6.54 Å². The van der Waals surface area contributed by atoms with Crippen molar-refractivity contribution in [3.8, 4) is 0 Å². The summed E-state index contributed by atoms with van der Waals surface area (Å²) in [5.41, 5.74) is -0.430. The maximum Gasteiger partial charge on any atom is 0.323 e. The fourth-order valence-corrected chi connectivity index (χ4v) is 2.99. The van der Waals surface area contributed by atoms with Gasteiger partial charge in [-0.25, -0.2) is 0 Å². The number of carbonyl (C=O) groups is 2. The summed E-state index contributed by atoms with van der Waals surface area (Å²) in [5.74, 6) is -0.199. The maximum atomic E-state index is 12.2. The van der Waals surface area contributed by atoms with Crippen LogP contribution in [0.3, 0.4) is 0 Å². The molecule has 0 bridgehead atoms. The zero-order chi connectivity index (χ0) is 15.2. The van der Waals surface area contributed by atoms with Gasteiger partial charge in [-0.2, -0.15) is 0 Å². The van der Waals surface area contributed by atoms with E-state index < -0.39 is 11.5 Å². The standard InChI is InChI=1S/C16H29NO3/c1-16(2,3)17(12-15(19)20)14(18)11-7-10-13-8-5-4-6-9-13/h13H,4-12H2,1-3H3,(H,19,20). The van der Waals surface area contributed by atoms with Crippen LogP contribution >= 0.6 is 0 Å². The molecule has 0 aromatic carbocycles. The molecular weight excluding hydrogens is 254 g/mol. The highest BCUT2D eigenvalue weighted by atomic mass is 16.4. The summed E-state index contributed by atoms with van der Waals surface area (Å²) in [6, 6.07) is 0. The molecule has 1 aliphatic rings. The van der Waals surface area contributed by atoms with Crippen LogP contribution in [0.15, 0.2) is 0 Å². The normalized spacial score (nSPS) is 16.9. The second-order valence-electron chi connectivity index (χ2n) is 6.94. The van der Waals surface area contributed by atoms with E-state index in [1.54, 1.807) is 0 Å². The van der Waals surface area contributed by atoms with Gasteiger partial charge in [0.2, 0.25) is 5.91 Å². The average Bonchev–Trinajstić information content (AvgIpc) is 2.35. The Balaban J connectivity index is 2.39. The number of amides is 1. The molecule has 0 atom stereocenters. The summed E-state index contributed by atoms with van der Waals surface area (Å²) in [6.07, 6.45) is 9.06. The SMILES string of the molecule is CC(C)(C)N(CC(=O)O)C(=O)CCCC1CCCCC1. The number of carbonyl (C=O) groups excluding carboxylic acids is 1. The molecule has 0 aromatic heterocycles. The Morgan fingerprint density at radius 2 is 1.75 bits per heavy atom. The molecule has 4 nitrogen and oxygen atoms in total. The first-order chi connectivity index (χ1) is 9.30. The fourth-order valence-electron chi connectivity index (χ4n) is 2.99. The minimum absolute atomic E-state index is 0.0318. The Kier molecular flexibility index (Phi) is 6.50. The van der Waals surface area contributed by atoms with Crippen LogP contribution in [0, 0.1) is 5.92 Å². The molecule has 1 N–H and O–H groups in total. The Hall–Kier alpha value is -1.06. The molecule has 0 aromatic rings. The second-order valence-corrected chi connectivity index (χ2v) is 6.94. The van der Waals surface area contributed by atoms with Gasteiger partial charge >= 0.3 is 5.97 Å². The molecule has 4 heteroatoms. The first-order valence-corrected chi connectivity index (χ1v) is 7.83. The van der Waals surface area contributed by atoms with Crippen molar-refractivity contribution in [2.24, 2.45) is 5.92 Å². The summed E-state index contributed by atoms with van der Waals surface area (Å²) >= 11 is 0. The van der Waals surface area contributed by atoms with Crippen LogP contribution in [-0.2, 0) is 9.59 Å². The third kappa shape index (κ3) is 5.93. The van der Waals surface area contributed by atoms with E-state index in [4.69, 9.17) is 5.11 Å². The molecule has 116 valence electrons. The Bertz CT molecular complexity index is 327. The van der Waals surface area contributed by atoms with Gasteiger partial charge in [-0.3, -0.25) is 9.59 Å². The van der Waals surface area contributed by atoms with Gasteiger partial charge in [-0.15, -0.1) is 0 Å². The van der Waals surface area contributed by atoms with Crippen molar-refractivity contribution < 1.29 is 14.7 Å². The Morgan fingerprint density at radius 3 is 2.25 bits per heavy atom. The molecule has 1 saturated carbocycles. The van der Waals surface area contributed by atoms with Gasteiger partial charge in [-0.1, -0.05) is 32.1 Å². The lowest BCUT2D eigenvalue weighted by molar-refractivity contribution is -0.148. The van der Waals surface area contributed by atoms with Gasteiger partial charge < -0.3 is 10.0 Å². The molecule has 0 spiro atoms. The van der Waals surface area contributed by atoms with Crippen molar-refractivity contribution in [3.63, 3.8) is 0 Å². The average molecular weight is 283 g/mol. The van der Waals surface area contributed by atoms with E-state index in [2.05, 4.69) is 0 Å². The van der Waals surface area contributed by atoms with Gasteiger partial charge in [0.15, 0.2) is 0 Å². The van der Waals surface area contributed by atoms with Gasteiger partial charge in [0.25, 0.3) is 0 Å². The Morgan fingerprint density at radius 1 is 1.15 bits per heavy atom. The van der Waals surface area contributed by atoms with Crippen LogP contribution in [0.1, 0.15) is 72.1 Å². The summed E-state index contributed by atoms with van der Waals surface area (Å²) in [5, 5.41) is 8.93. The maximum absolute atomic E-state index is 12.2. The third-order valence-electron chi connectivity index (χ3n) is 4.13. The predicted molar refractivity (Wildman–Crippen MR) is 79.5 cm³/mol. The molecule has 0 unspecified atom stereocenters. The van der Waals surface area contributed by atoms with Gasteiger partial charge in [0.1, 0.15) is 6.54 Å². The quantitative estimate of drug-likeness (QED) is 0.812. The number of carboxylic acids is 1. The van der Waals surface area contributed by atoms with E-state index in [9.17, 15) is 9.59 Å². The van der Waals surface area contributed by atoms with E-state index in [1.807, 2.05) is 20.8 Å². The molecule has 1 aliphatic carbocycles. The van der Waals surface area contributed by atoms with E-state index >= 15 is 0 Å². The highest BCUT2D eigenvalue weighted by molar-refractivity contribution is 5.82. The minimum Gasteiger partial charge on any atom is -0.480 e. The van der Waals surface area contributed by atoms with Crippen LogP contribution in [0.2, 0.25) is 0 Å². The van der Waals surface area contributed by atoms with Crippen LogP contribution in [0.4, 0.5) is 0 Å². The van der Waals surface area contributed by atoms with E-state index in [1.165, 1.54) is 37.0 Å². The lowest BCUT2D eigenvalue weighted by Gasteiger charge is -2.34. The zero-order valence-electron chi connectivity index (χ0n) is 13.2. The lowest BCUT2D eigenvalue weighted by Crippen LogP contribution is -2.48. The van der Waals surface area contributed by atoms with Gasteiger partial charge in [-0.05, 0) is 39.5 Å². The lowest BCUT2D eigenvalue weighted by atomic mass is 9.86. The molecular formula is C16H29NO3. The second kappa shape index (κ2) is 7.65. The van der Waals surface area contributed by atoms with Crippen molar-refractivity contribution in [2.45, 2.75) is 77.7 Å². The molecule has 1 amide bonds. The number of hydrogen-bond donors (Lipinski definition) is 1. The third-order valence-corrected chi connectivity index (χ3v) is 4.13. The summed E-state index contributed by atoms with van der Waals surface area (Å²) < 4.78 is 0. The fraction of sp³-hybridized carbons (Fsp3) is 0.875. The van der Waals surface area contributed by atoms with E-state index in [-0.39, 0.29) is 12.5 Å². The number of hydrogen-bond acceptors (Lipinski definition) is 2. The van der Waals surface area contributed by atoms with Crippen molar-refractivity contribution >= 4 is 11.9 Å². The number of rotatable bonds is 6. The van der Waals surface area contributed by atoms with Crippen molar-refractivity contribution in [3.05, 3.63) is 0 Å². The summed E-state index contributed by atoms with van der Waals surface area (Å²) in [7, 11) is 0. The van der Waals surface area contributed by atoms with E-state index in [0.717, 1.165) is 18.8 Å². The summed E-state index contributed by atoms with van der Waals surface area (Å²) in [6.45, 7) is 5.45.